The molecule has 0 radical (unpaired) electrons. The fraction of sp³-hybridized carbons (Fsp3) is 0.278. The minimum Gasteiger partial charge on any atom is -0.477 e. The molecule has 2 aliphatic rings. The van der Waals surface area contributed by atoms with Crippen molar-refractivity contribution in [1.82, 2.24) is 35.0 Å². The van der Waals surface area contributed by atoms with E-state index >= 15 is 0 Å². The number of carboxylic acids is 1. The van der Waals surface area contributed by atoms with Crippen LogP contribution in [0.4, 0.5) is 5.69 Å². The second kappa shape index (κ2) is 16.9. The van der Waals surface area contributed by atoms with E-state index in [2.05, 4.69) is 20.5 Å². The van der Waals surface area contributed by atoms with Crippen molar-refractivity contribution >= 4 is 64.7 Å². The number of tetrazole rings is 1. The first kappa shape index (κ1) is 40.5. The summed E-state index contributed by atoms with van der Waals surface area (Å²) in [5, 5.41) is 21.2. The Hall–Kier alpha value is -6.16. The maximum atomic E-state index is 14.2. The number of nitrogens with one attached hydrogen (secondary N) is 1. The molecule has 5 amide bonds. The summed E-state index contributed by atoms with van der Waals surface area (Å²) in [6.07, 6.45) is -0.452. The van der Waals surface area contributed by atoms with Crippen LogP contribution in [0.5, 0.6) is 0 Å². The van der Waals surface area contributed by atoms with Crippen LogP contribution in [-0.2, 0) is 42.4 Å². The van der Waals surface area contributed by atoms with Crippen LogP contribution in [0.1, 0.15) is 30.5 Å². The van der Waals surface area contributed by atoms with E-state index < -0.39 is 71.0 Å². The first-order chi connectivity index (χ1) is 27.2. The number of anilines is 1. The van der Waals surface area contributed by atoms with Crippen LogP contribution in [0.15, 0.2) is 88.0 Å². The first-order valence-corrected chi connectivity index (χ1v) is 19.3. The molecule has 19 nitrogen and oxygen atoms in total. The smallest absolute Gasteiger partial charge is 0.352 e. The Labute approximate surface area is 332 Å². The van der Waals surface area contributed by atoms with E-state index in [1.54, 1.807) is 55.6 Å². The predicted octanol–water partition coefficient (Wildman–Crippen LogP) is 0.0909. The third-order valence-electron chi connectivity index (χ3n) is 9.26. The van der Waals surface area contributed by atoms with Crippen molar-refractivity contribution in [3.05, 3.63) is 99.5 Å². The summed E-state index contributed by atoms with van der Waals surface area (Å²) in [4.78, 5) is 96.9. The number of nitrogens with two attached hydrogens (primary N) is 3. The Balaban J connectivity index is 1.26. The zero-order valence-electron chi connectivity index (χ0n) is 30.5. The van der Waals surface area contributed by atoms with Gasteiger partial charge < -0.3 is 32.2 Å². The van der Waals surface area contributed by atoms with Gasteiger partial charge in [0.15, 0.2) is 0 Å². The highest BCUT2D eigenvalue weighted by Crippen LogP contribution is 2.44. The molecule has 2 unspecified atom stereocenters. The Morgan fingerprint density at radius 3 is 2.32 bits per heavy atom. The van der Waals surface area contributed by atoms with E-state index in [0.29, 0.717) is 27.6 Å². The molecule has 21 heteroatoms. The highest BCUT2D eigenvalue weighted by Gasteiger charge is 2.57. The van der Waals surface area contributed by atoms with Crippen molar-refractivity contribution in [3.63, 3.8) is 0 Å². The number of aliphatic carboxylic acids is 1. The average molecular weight is 816 g/mol. The highest BCUT2D eigenvalue weighted by molar-refractivity contribution is 8.01. The summed E-state index contributed by atoms with van der Waals surface area (Å²) in [7, 11) is 1.65. The number of pyridine rings is 1. The molecule has 57 heavy (non-hydrogen) atoms. The molecule has 4 heterocycles. The van der Waals surface area contributed by atoms with Gasteiger partial charge in [0, 0.05) is 36.7 Å². The van der Waals surface area contributed by atoms with E-state index in [9.17, 15) is 38.7 Å². The van der Waals surface area contributed by atoms with Gasteiger partial charge in [-0.15, -0.1) is 16.9 Å². The number of carbonyl (C=O) groups is 6. The second-order valence-electron chi connectivity index (χ2n) is 13.1. The standard InChI is InChI=1S/C36H37N11O8S2/c1-18(48)46(31(51)24(37)14-26(38)49)23-11-8-19(9-12-23)25-13-10-21(30(50)40-25)15-45(32(52)27(39)20-6-4-3-5-7-20)29-33(53)47-28(35(54)55)22(16-56-34(29)47)17-57-36-41-42-43-44(36)2/h3-13,24,27,29,34H,14-17,37,39H2,1-2H3,(H2,38,49)(H,40,50)(H,54,55)/t24-,27?,29?,34+/m1/s1. The summed E-state index contributed by atoms with van der Waals surface area (Å²) in [5.74, 6) is -4.39. The molecule has 0 spiro atoms. The van der Waals surface area contributed by atoms with E-state index in [4.69, 9.17) is 17.2 Å². The monoisotopic (exact) mass is 815 g/mol. The number of nitrogens with zero attached hydrogens (tertiary/aromatic N) is 7. The number of aryl methyl sites for hydroxylation is 1. The number of thioether (sulfide) groups is 2. The number of hydrogen-bond donors (Lipinski definition) is 5. The van der Waals surface area contributed by atoms with Crippen LogP contribution in [0, 0.1) is 0 Å². The lowest BCUT2D eigenvalue weighted by molar-refractivity contribution is -0.161. The van der Waals surface area contributed by atoms with E-state index in [0.717, 1.165) is 4.90 Å². The number of rotatable bonds is 14. The average Bonchev–Trinajstić information content (AvgIpc) is 3.60. The zero-order chi connectivity index (χ0) is 41.1. The number of primary amides is 1. The van der Waals surface area contributed by atoms with Crippen LogP contribution in [0.2, 0.25) is 0 Å². The quantitative estimate of drug-likeness (QED) is 0.0833. The van der Waals surface area contributed by atoms with Crippen molar-refractivity contribution in [2.75, 3.05) is 16.4 Å². The van der Waals surface area contributed by atoms with Gasteiger partial charge in [-0.2, -0.15) is 0 Å². The topological polar surface area (TPSA) is 287 Å². The maximum absolute atomic E-state index is 14.2. The van der Waals surface area contributed by atoms with Crippen molar-refractivity contribution in [2.45, 2.75) is 48.5 Å². The number of imide groups is 1. The molecule has 2 aromatic carbocycles. The molecule has 4 aromatic rings. The van der Waals surface area contributed by atoms with Crippen molar-refractivity contribution in [2.24, 2.45) is 24.2 Å². The Bertz CT molecular complexity index is 2330. The SMILES string of the molecule is CC(=O)N(C(=O)[C@H](N)CC(N)=O)c1ccc(-c2ccc(CN(C(=O)C(N)c3ccccc3)C3C(=O)N4C(C(=O)O)=C(CSc5nnnn5C)CS[C@@H]34)c(=O)[nH]2)cc1. The van der Waals surface area contributed by atoms with Crippen LogP contribution in [0.3, 0.4) is 0 Å². The number of aromatic nitrogens is 5. The summed E-state index contributed by atoms with van der Waals surface area (Å²) < 4.78 is 1.44. The molecule has 0 saturated carbocycles. The molecular weight excluding hydrogens is 779 g/mol. The Morgan fingerprint density at radius 2 is 1.72 bits per heavy atom. The Kier molecular flexibility index (Phi) is 12.0. The number of H-pyrrole nitrogens is 1. The lowest BCUT2D eigenvalue weighted by Gasteiger charge is -2.53. The molecule has 0 aliphatic carbocycles. The molecule has 4 atom stereocenters. The first-order valence-electron chi connectivity index (χ1n) is 17.2. The van der Waals surface area contributed by atoms with Gasteiger partial charge >= 0.3 is 5.97 Å². The minimum absolute atomic E-state index is 0.121. The lowest BCUT2D eigenvalue weighted by atomic mass is 9.98. The minimum atomic E-state index is -1.33. The van der Waals surface area contributed by atoms with Gasteiger partial charge in [-0.05, 0) is 51.4 Å². The zero-order valence-corrected chi connectivity index (χ0v) is 32.1. The number of benzene rings is 2. The summed E-state index contributed by atoms with van der Waals surface area (Å²) in [6, 6.07) is 14.0. The number of carboxylic acid groups (broad SMARTS) is 1. The van der Waals surface area contributed by atoms with Crippen LogP contribution < -0.4 is 27.7 Å². The van der Waals surface area contributed by atoms with Gasteiger partial charge in [0.1, 0.15) is 23.2 Å². The fourth-order valence-corrected chi connectivity index (χ4v) is 8.83. The summed E-state index contributed by atoms with van der Waals surface area (Å²) in [5.41, 5.74) is 18.8. The summed E-state index contributed by atoms with van der Waals surface area (Å²) >= 11 is 2.51. The number of β-lactam (4-membered cyclic amide) rings is 1. The van der Waals surface area contributed by atoms with Gasteiger partial charge in [-0.3, -0.25) is 33.7 Å². The molecular formula is C36H37N11O8S2. The van der Waals surface area contributed by atoms with Gasteiger partial charge in [-0.25, -0.2) is 14.4 Å². The molecule has 296 valence electrons. The fourth-order valence-electron chi connectivity index (χ4n) is 6.42. The number of carbonyl (C=O) groups excluding carboxylic acids is 5. The van der Waals surface area contributed by atoms with Gasteiger partial charge in [0.05, 0.1) is 24.7 Å². The number of fused-ring (bicyclic) bond motifs is 1. The van der Waals surface area contributed by atoms with E-state index in [1.807, 2.05) is 0 Å². The largest absolute Gasteiger partial charge is 0.477 e. The highest BCUT2D eigenvalue weighted by atomic mass is 32.2. The van der Waals surface area contributed by atoms with Gasteiger partial charge in [-0.1, -0.05) is 54.2 Å². The number of aromatic amines is 1. The maximum Gasteiger partial charge on any atom is 0.352 e. The van der Waals surface area contributed by atoms with Gasteiger partial charge in [0.25, 0.3) is 17.4 Å². The molecule has 2 aliphatic heterocycles. The van der Waals surface area contributed by atoms with Crippen molar-refractivity contribution in [1.29, 1.82) is 0 Å². The molecule has 1 fully saturated rings. The van der Waals surface area contributed by atoms with E-state index in [-0.39, 0.29) is 35.0 Å². The van der Waals surface area contributed by atoms with Crippen molar-refractivity contribution < 1.29 is 33.9 Å². The van der Waals surface area contributed by atoms with Gasteiger partial charge in [0.2, 0.25) is 22.9 Å². The number of amides is 5. The number of hydrogen-bond acceptors (Lipinski definition) is 14. The molecule has 6 rings (SSSR count). The Morgan fingerprint density at radius 1 is 1.02 bits per heavy atom. The molecule has 1 saturated heterocycles. The lowest BCUT2D eigenvalue weighted by Crippen LogP contribution is -2.71. The van der Waals surface area contributed by atoms with Crippen LogP contribution in [0.25, 0.3) is 11.3 Å². The van der Waals surface area contributed by atoms with E-state index in [1.165, 1.54) is 63.1 Å². The third-order valence-corrected chi connectivity index (χ3v) is 11.7. The molecule has 2 aromatic heterocycles. The normalized spacial score (nSPS) is 17.3. The van der Waals surface area contributed by atoms with Crippen molar-refractivity contribution in [3.8, 4) is 11.3 Å². The summed E-state index contributed by atoms with van der Waals surface area (Å²) in [6.45, 7) is 0.839. The molecule has 0 bridgehead atoms. The molecule has 8 N–H and O–H groups in total. The van der Waals surface area contributed by atoms with Crippen LogP contribution in [-0.4, -0.2) is 105 Å². The third kappa shape index (κ3) is 8.36. The van der Waals surface area contributed by atoms with Crippen LogP contribution >= 0.6 is 23.5 Å². The second-order valence-corrected chi connectivity index (χ2v) is 15.1. The predicted molar refractivity (Wildman–Crippen MR) is 207 cm³/mol.